The minimum absolute atomic E-state index is 0.0688. The van der Waals surface area contributed by atoms with Crippen LogP contribution in [-0.4, -0.2) is 47.7 Å². The summed E-state index contributed by atoms with van der Waals surface area (Å²) in [4.78, 5) is 20.8. The van der Waals surface area contributed by atoms with Gasteiger partial charge in [-0.2, -0.15) is 4.98 Å². The van der Waals surface area contributed by atoms with E-state index in [1.165, 1.54) is 6.20 Å². The summed E-state index contributed by atoms with van der Waals surface area (Å²) in [5.41, 5.74) is -0.0688. The van der Waals surface area contributed by atoms with Crippen LogP contribution in [-0.2, 0) is 4.74 Å². The van der Waals surface area contributed by atoms with Crippen molar-refractivity contribution in [1.82, 2.24) is 9.97 Å². The molecule has 0 atom stereocenters. The van der Waals surface area contributed by atoms with Gasteiger partial charge in [0.1, 0.15) is 6.20 Å². The molecule has 2 rings (SSSR count). The second-order valence-corrected chi connectivity index (χ2v) is 4.64. The van der Waals surface area contributed by atoms with Gasteiger partial charge in [-0.25, -0.2) is 4.98 Å². The summed E-state index contributed by atoms with van der Waals surface area (Å²) in [6, 6.07) is 0.201. The Bertz CT molecular complexity index is 476. The van der Waals surface area contributed by atoms with E-state index in [1.54, 1.807) is 0 Å². The van der Waals surface area contributed by atoms with Crippen molar-refractivity contribution < 1.29 is 9.66 Å². The third-order valence-electron chi connectivity index (χ3n) is 3.35. The van der Waals surface area contributed by atoms with Crippen molar-refractivity contribution in [3.05, 3.63) is 16.3 Å². The Morgan fingerprint density at radius 1 is 1.55 bits per heavy atom. The molecule has 1 aromatic heterocycles. The van der Waals surface area contributed by atoms with Gasteiger partial charge in [0, 0.05) is 32.8 Å². The van der Waals surface area contributed by atoms with E-state index >= 15 is 0 Å². The van der Waals surface area contributed by atoms with Gasteiger partial charge < -0.3 is 15.0 Å². The number of ether oxygens (including phenoxy) is 1. The standard InChI is InChI=1S/C12H19N5O3/c1-3-13-12-14-8-10(17(18)19)11(15-12)16(2)9-4-6-20-7-5-9/h8-9H,3-7H2,1-2H3,(H,13,14,15). The zero-order valence-electron chi connectivity index (χ0n) is 11.7. The number of aromatic nitrogens is 2. The fourth-order valence-corrected chi connectivity index (χ4v) is 2.24. The van der Waals surface area contributed by atoms with Crippen molar-refractivity contribution in [2.45, 2.75) is 25.8 Å². The summed E-state index contributed by atoms with van der Waals surface area (Å²) < 4.78 is 5.32. The molecule has 8 heteroatoms. The highest BCUT2D eigenvalue weighted by Gasteiger charge is 2.27. The van der Waals surface area contributed by atoms with Gasteiger partial charge in [-0.05, 0) is 19.8 Å². The third-order valence-corrected chi connectivity index (χ3v) is 3.35. The Kier molecular flexibility index (Phi) is 4.67. The van der Waals surface area contributed by atoms with Gasteiger partial charge in [0.05, 0.1) is 4.92 Å². The molecule has 0 spiro atoms. The molecule has 1 aliphatic heterocycles. The van der Waals surface area contributed by atoms with Crippen LogP contribution in [0.2, 0.25) is 0 Å². The number of nitrogens with one attached hydrogen (secondary N) is 1. The molecule has 110 valence electrons. The molecule has 1 aliphatic rings. The van der Waals surface area contributed by atoms with Crippen molar-refractivity contribution in [2.75, 3.05) is 37.0 Å². The lowest BCUT2D eigenvalue weighted by Gasteiger charge is -2.31. The highest BCUT2D eigenvalue weighted by molar-refractivity contribution is 5.59. The quantitative estimate of drug-likeness (QED) is 0.644. The molecule has 0 unspecified atom stereocenters. The van der Waals surface area contributed by atoms with Gasteiger partial charge in [0.15, 0.2) is 0 Å². The third kappa shape index (κ3) is 3.13. The molecule has 1 aromatic rings. The maximum absolute atomic E-state index is 11.1. The second kappa shape index (κ2) is 6.47. The molecule has 1 N–H and O–H groups in total. The van der Waals surface area contributed by atoms with Crippen LogP contribution in [0.1, 0.15) is 19.8 Å². The molecule has 0 aliphatic carbocycles. The molecular weight excluding hydrogens is 262 g/mol. The molecule has 1 fully saturated rings. The maximum atomic E-state index is 11.1. The largest absolute Gasteiger partial charge is 0.381 e. The molecule has 20 heavy (non-hydrogen) atoms. The normalized spacial score (nSPS) is 15.9. The molecule has 0 amide bonds. The van der Waals surface area contributed by atoms with Crippen molar-refractivity contribution >= 4 is 17.5 Å². The van der Waals surface area contributed by atoms with E-state index in [9.17, 15) is 10.1 Å². The molecule has 0 radical (unpaired) electrons. The molecular formula is C12H19N5O3. The lowest BCUT2D eigenvalue weighted by molar-refractivity contribution is -0.384. The van der Waals surface area contributed by atoms with E-state index in [2.05, 4.69) is 15.3 Å². The van der Waals surface area contributed by atoms with E-state index in [-0.39, 0.29) is 11.7 Å². The number of hydrogen-bond acceptors (Lipinski definition) is 7. The molecule has 0 aromatic carbocycles. The fraction of sp³-hybridized carbons (Fsp3) is 0.667. The lowest BCUT2D eigenvalue weighted by Crippen LogP contribution is -2.37. The van der Waals surface area contributed by atoms with Crippen LogP contribution in [0.3, 0.4) is 0 Å². The fourth-order valence-electron chi connectivity index (χ4n) is 2.24. The van der Waals surface area contributed by atoms with Crippen LogP contribution >= 0.6 is 0 Å². The molecule has 2 heterocycles. The predicted molar refractivity (Wildman–Crippen MR) is 75.1 cm³/mol. The zero-order chi connectivity index (χ0) is 14.5. The van der Waals surface area contributed by atoms with Gasteiger partial charge in [0.2, 0.25) is 11.8 Å². The van der Waals surface area contributed by atoms with Crippen LogP contribution in [0.15, 0.2) is 6.20 Å². The highest BCUT2D eigenvalue weighted by atomic mass is 16.6. The predicted octanol–water partition coefficient (Wildman–Crippen LogP) is 1.43. The first kappa shape index (κ1) is 14.4. The smallest absolute Gasteiger partial charge is 0.329 e. The Balaban J connectivity index is 2.30. The summed E-state index contributed by atoms with van der Waals surface area (Å²) in [5.74, 6) is 0.764. The molecule has 1 saturated heterocycles. The monoisotopic (exact) mass is 281 g/mol. The first-order valence-corrected chi connectivity index (χ1v) is 6.69. The molecule has 8 nitrogen and oxygen atoms in total. The van der Waals surface area contributed by atoms with Gasteiger partial charge in [-0.1, -0.05) is 0 Å². The van der Waals surface area contributed by atoms with Crippen molar-refractivity contribution in [3.8, 4) is 0 Å². The summed E-state index contributed by atoms with van der Waals surface area (Å²) >= 11 is 0. The van der Waals surface area contributed by atoms with Crippen LogP contribution < -0.4 is 10.2 Å². The number of nitrogens with zero attached hydrogens (tertiary/aromatic N) is 4. The Hall–Kier alpha value is -1.96. The average molecular weight is 281 g/mol. The Morgan fingerprint density at radius 3 is 2.85 bits per heavy atom. The van der Waals surface area contributed by atoms with Crippen molar-refractivity contribution in [2.24, 2.45) is 0 Å². The highest BCUT2D eigenvalue weighted by Crippen LogP contribution is 2.28. The number of nitro groups is 1. The van der Waals surface area contributed by atoms with E-state index < -0.39 is 4.92 Å². The van der Waals surface area contributed by atoms with Crippen LogP contribution in [0.25, 0.3) is 0 Å². The van der Waals surface area contributed by atoms with Gasteiger partial charge >= 0.3 is 5.69 Å². The SMILES string of the molecule is CCNc1ncc([N+](=O)[O-])c(N(C)C2CCOCC2)n1. The Morgan fingerprint density at radius 2 is 2.25 bits per heavy atom. The van der Waals surface area contributed by atoms with E-state index in [0.717, 1.165) is 12.8 Å². The summed E-state index contributed by atoms with van der Waals surface area (Å²) in [6.45, 7) is 3.94. The van der Waals surface area contributed by atoms with Crippen molar-refractivity contribution in [3.63, 3.8) is 0 Å². The van der Waals surface area contributed by atoms with E-state index in [0.29, 0.717) is 31.5 Å². The maximum Gasteiger partial charge on any atom is 0.329 e. The van der Waals surface area contributed by atoms with Crippen LogP contribution in [0, 0.1) is 10.1 Å². The van der Waals surface area contributed by atoms with Crippen LogP contribution in [0.5, 0.6) is 0 Å². The number of rotatable bonds is 5. The minimum Gasteiger partial charge on any atom is -0.381 e. The first-order chi connectivity index (χ1) is 9.63. The van der Waals surface area contributed by atoms with Crippen LogP contribution in [0.4, 0.5) is 17.5 Å². The zero-order valence-corrected chi connectivity index (χ0v) is 11.7. The summed E-state index contributed by atoms with van der Waals surface area (Å²) in [7, 11) is 1.83. The second-order valence-electron chi connectivity index (χ2n) is 4.64. The Labute approximate surface area is 117 Å². The van der Waals surface area contributed by atoms with Gasteiger partial charge in [0.25, 0.3) is 0 Å². The van der Waals surface area contributed by atoms with Gasteiger partial charge in [-0.3, -0.25) is 10.1 Å². The molecule has 0 saturated carbocycles. The lowest BCUT2D eigenvalue weighted by atomic mass is 10.1. The van der Waals surface area contributed by atoms with Crippen molar-refractivity contribution in [1.29, 1.82) is 0 Å². The summed E-state index contributed by atoms with van der Waals surface area (Å²) in [6.07, 6.45) is 2.94. The summed E-state index contributed by atoms with van der Waals surface area (Å²) in [5, 5.41) is 14.1. The number of anilines is 2. The van der Waals surface area contributed by atoms with Gasteiger partial charge in [-0.15, -0.1) is 0 Å². The average Bonchev–Trinajstić information content (AvgIpc) is 2.47. The topological polar surface area (TPSA) is 93.4 Å². The number of hydrogen-bond donors (Lipinski definition) is 1. The molecule has 0 bridgehead atoms. The minimum atomic E-state index is -0.444. The van der Waals surface area contributed by atoms with E-state index in [4.69, 9.17) is 4.74 Å². The first-order valence-electron chi connectivity index (χ1n) is 6.69. The van der Waals surface area contributed by atoms with E-state index in [1.807, 2.05) is 18.9 Å².